The number of hydrogen-bond acceptors (Lipinski definition) is 2. The molecule has 1 aromatic rings. The lowest BCUT2D eigenvalue weighted by Gasteiger charge is -2.36. The minimum Gasteiger partial charge on any atom is -0.314 e. The van der Waals surface area contributed by atoms with Crippen molar-refractivity contribution in [2.24, 2.45) is 0 Å². The van der Waals surface area contributed by atoms with Crippen molar-refractivity contribution in [2.45, 2.75) is 18.6 Å². The number of nitrogens with zero attached hydrogens (tertiary/aromatic N) is 1. The highest BCUT2D eigenvalue weighted by molar-refractivity contribution is 5.27. The zero-order valence-corrected chi connectivity index (χ0v) is 11.6. The van der Waals surface area contributed by atoms with E-state index in [4.69, 9.17) is 0 Å². The second-order valence-electron chi connectivity index (χ2n) is 5.10. The maximum atomic E-state index is 13.9. The van der Waals surface area contributed by atoms with Crippen LogP contribution in [-0.2, 0) is 0 Å². The largest absolute Gasteiger partial charge is 0.390 e. The van der Waals surface area contributed by atoms with Gasteiger partial charge in [-0.1, -0.05) is 0 Å². The Hall–Kier alpha value is -1.42. The summed E-state index contributed by atoms with van der Waals surface area (Å²) in [5, 5.41) is 2.83. The minimum absolute atomic E-state index is 0.0136. The van der Waals surface area contributed by atoms with Crippen LogP contribution in [0.2, 0.25) is 0 Å². The standard InChI is InChI=1S/C13H12F8N2/c14-8-7(9(15)11(17)12(18)10(8)16)6(5-13(19,20)21)23-3-1-22-2-4-23/h6,22H,1-5H2/t6-/m1/s1. The van der Waals surface area contributed by atoms with E-state index in [-0.39, 0.29) is 26.2 Å². The summed E-state index contributed by atoms with van der Waals surface area (Å²) in [6, 6.07) is -1.98. The van der Waals surface area contributed by atoms with Crippen molar-refractivity contribution in [1.29, 1.82) is 0 Å². The molecule has 0 unspecified atom stereocenters. The molecule has 23 heavy (non-hydrogen) atoms. The summed E-state index contributed by atoms with van der Waals surface area (Å²) in [6.07, 6.45) is -6.55. The average Bonchev–Trinajstić information content (AvgIpc) is 2.50. The van der Waals surface area contributed by atoms with Crippen molar-refractivity contribution < 1.29 is 35.1 Å². The minimum atomic E-state index is -4.84. The zero-order valence-electron chi connectivity index (χ0n) is 11.6. The molecular formula is C13H12F8N2. The number of hydrogen-bond donors (Lipinski definition) is 1. The van der Waals surface area contributed by atoms with E-state index in [0.29, 0.717) is 0 Å². The van der Waals surface area contributed by atoms with Gasteiger partial charge in [0.05, 0.1) is 6.42 Å². The molecule has 2 nitrogen and oxygen atoms in total. The first-order valence-electron chi connectivity index (χ1n) is 6.66. The third-order valence-electron chi connectivity index (χ3n) is 3.59. The first kappa shape index (κ1) is 17.9. The molecular weight excluding hydrogens is 336 g/mol. The third kappa shape index (κ3) is 3.74. The van der Waals surface area contributed by atoms with Crippen molar-refractivity contribution in [3.63, 3.8) is 0 Å². The Kier molecular flexibility index (Phi) is 5.14. The molecule has 1 heterocycles. The molecule has 0 saturated carbocycles. The van der Waals surface area contributed by atoms with Crippen LogP contribution < -0.4 is 5.32 Å². The van der Waals surface area contributed by atoms with Crippen LogP contribution in [0, 0.1) is 29.1 Å². The van der Waals surface area contributed by atoms with E-state index >= 15 is 0 Å². The maximum absolute atomic E-state index is 13.9. The summed E-state index contributed by atoms with van der Waals surface area (Å²) >= 11 is 0. The van der Waals surface area contributed by atoms with Crippen molar-refractivity contribution >= 4 is 0 Å². The molecule has 1 aliphatic heterocycles. The normalized spacial score (nSPS) is 18.3. The lowest BCUT2D eigenvalue weighted by molar-refractivity contribution is -0.149. The van der Waals surface area contributed by atoms with Crippen LogP contribution in [0.1, 0.15) is 18.0 Å². The van der Waals surface area contributed by atoms with Crippen LogP contribution in [0.5, 0.6) is 0 Å². The van der Waals surface area contributed by atoms with Crippen LogP contribution in [0.4, 0.5) is 35.1 Å². The summed E-state index contributed by atoms with van der Waals surface area (Å²) < 4.78 is 106. The van der Waals surface area contributed by atoms with Crippen molar-refractivity contribution in [3.8, 4) is 0 Å². The molecule has 1 fully saturated rings. The smallest absolute Gasteiger partial charge is 0.314 e. The number of piperazine rings is 1. The predicted octanol–water partition coefficient (Wildman–Crippen LogP) is 3.28. The maximum Gasteiger partial charge on any atom is 0.390 e. The van der Waals surface area contributed by atoms with Crippen LogP contribution in [0.25, 0.3) is 0 Å². The van der Waals surface area contributed by atoms with Crippen LogP contribution in [-0.4, -0.2) is 37.3 Å². The quantitative estimate of drug-likeness (QED) is 0.512. The first-order valence-corrected chi connectivity index (χ1v) is 6.66. The summed E-state index contributed by atoms with van der Waals surface area (Å²) in [5.41, 5.74) is -1.44. The molecule has 0 aromatic heterocycles. The molecule has 1 aliphatic rings. The van der Waals surface area contributed by atoms with Gasteiger partial charge in [0, 0.05) is 37.8 Å². The van der Waals surface area contributed by atoms with Gasteiger partial charge in [-0.05, 0) is 0 Å². The number of benzene rings is 1. The van der Waals surface area contributed by atoms with E-state index in [9.17, 15) is 35.1 Å². The van der Waals surface area contributed by atoms with Crippen molar-refractivity contribution in [2.75, 3.05) is 26.2 Å². The Morgan fingerprint density at radius 1 is 0.826 bits per heavy atom. The predicted molar refractivity (Wildman–Crippen MR) is 64.1 cm³/mol. The molecule has 0 aliphatic carbocycles. The Bertz CT molecular complexity index is 551. The summed E-state index contributed by atoms with van der Waals surface area (Å²) in [7, 11) is 0. The van der Waals surface area contributed by atoms with Gasteiger partial charge in [0.2, 0.25) is 5.82 Å². The fourth-order valence-electron chi connectivity index (χ4n) is 2.54. The van der Waals surface area contributed by atoms with E-state index in [2.05, 4.69) is 5.32 Å². The number of halogens is 8. The summed E-state index contributed by atoms with van der Waals surface area (Å²) in [6.45, 7) is 0.452. The molecule has 0 radical (unpaired) electrons. The van der Waals surface area contributed by atoms with Gasteiger partial charge in [-0.2, -0.15) is 13.2 Å². The number of rotatable bonds is 3. The molecule has 2 rings (SSSR count). The highest BCUT2D eigenvalue weighted by atomic mass is 19.4. The summed E-state index contributed by atoms with van der Waals surface area (Å²) in [5.74, 6) is -11.3. The highest BCUT2D eigenvalue weighted by Gasteiger charge is 2.40. The molecule has 130 valence electrons. The summed E-state index contributed by atoms with van der Waals surface area (Å²) in [4.78, 5) is 1.06. The van der Waals surface area contributed by atoms with E-state index in [1.807, 2.05) is 0 Å². The molecule has 0 spiro atoms. The molecule has 1 aromatic carbocycles. The van der Waals surface area contributed by atoms with Crippen molar-refractivity contribution in [3.05, 3.63) is 34.6 Å². The van der Waals surface area contributed by atoms with Crippen LogP contribution in [0.3, 0.4) is 0 Å². The molecule has 0 amide bonds. The van der Waals surface area contributed by atoms with Gasteiger partial charge in [0.1, 0.15) is 0 Å². The molecule has 10 heteroatoms. The van der Waals surface area contributed by atoms with E-state index in [0.717, 1.165) is 4.90 Å². The fourth-order valence-corrected chi connectivity index (χ4v) is 2.54. The average molecular weight is 348 g/mol. The van der Waals surface area contributed by atoms with Crippen LogP contribution >= 0.6 is 0 Å². The van der Waals surface area contributed by atoms with Gasteiger partial charge in [0.15, 0.2) is 23.3 Å². The fraction of sp³-hybridized carbons (Fsp3) is 0.538. The second kappa shape index (κ2) is 6.60. The first-order chi connectivity index (χ1) is 10.6. The molecule has 1 saturated heterocycles. The third-order valence-corrected chi connectivity index (χ3v) is 3.59. The number of nitrogens with one attached hydrogen (secondary N) is 1. The topological polar surface area (TPSA) is 15.3 Å². The second-order valence-corrected chi connectivity index (χ2v) is 5.10. The van der Waals surface area contributed by atoms with Gasteiger partial charge >= 0.3 is 6.18 Å². The molecule has 1 N–H and O–H groups in total. The van der Waals surface area contributed by atoms with Gasteiger partial charge in [-0.25, -0.2) is 22.0 Å². The Balaban J connectivity index is 2.54. The van der Waals surface area contributed by atoms with Crippen LogP contribution in [0.15, 0.2) is 0 Å². The monoisotopic (exact) mass is 348 g/mol. The number of alkyl halides is 3. The van der Waals surface area contributed by atoms with E-state index in [1.54, 1.807) is 0 Å². The van der Waals surface area contributed by atoms with E-state index in [1.165, 1.54) is 0 Å². The van der Waals surface area contributed by atoms with Gasteiger partial charge in [-0.15, -0.1) is 0 Å². The lowest BCUT2D eigenvalue weighted by Crippen LogP contribution is -2.46. The van der Waals surface area contributed by atoms with Gasteiger partial charge in [-0.3, -0.25) is 4.90 Å². The van der Waals surface area contributed by atoms with Gasteiger partial charge < -0.3 is 5.32 Å². The van der Waals surface area contributed by atoms with E-state index < -0.39 is 53.3 Å². The highest BCUT2D eigenvalue weighted by Crippen LogP contribution is 2.38. The van der Waals surface area contributed by atoms with Crippen molar-refractivity contribution in [1.82, 2.24) is 10.2 Å². The molecule has 1 atom stereocenters. The Morgan fingerprint density at radius 2 is 1.26 bits per heavy atom. The Morgan fingerprint density at radius 3 is 1.70 bits per heavy atom. The van der Waals surface area contributed by atoms with Gasteiger partial charge in [0.25, 0.3) is 0 Å². The zero-order chi connectivity index (χ0) is 17.4. The lowest BCUT2D eigenvalue weighted by atomic mass is 9.98. The SMILES string of the molecule is Fc1c(F)c(F)c([C@@H](CC(F)(F)F)N2CCNCC2)c(F)c1F. The Labute approximate surface area is 126 Å². The molecule has 0 bridgehead atoms.